The van der Waals surface area contributed by atoms with E-state index in [4.69, 9.17) is 0 Å². The molecule has 0 saturated heterocycles. The number of hydrogen-bond donors (Lipinski definition) is 1. The van der Waals surface area contributed by atoms with Gasteiger partial charge in [-0.15, -0.1) is 0 Å². The molecule has 2 aromatic carbocycles. The zero-order chi connectivity index (χ0) is 15.4. The van der Waals surface area contributed by atoms with Gasteiger partial charge in [-0.25, -0.2) is 4.39 Å². The lowest BCUT2D eigenvalue weighted by molar-refractivity contribution is -0.387. The lowest BCUT2D eigenvalue weighted by Gasteiger charge is -2.06. The van der Waals surface area contributed by atoms with Crippen molar-refractivity contribution < 1.29 is 18.5 Å². The fraction of sp³-hybridized carbons (Fsp3) is 0.0714. The average Bonchev–Trinajstić information content (AvgIpc) is 2.43. The minimum atomic E-state index is -0.993. The first-order valence-electron chi connectivity index (χ1n) is 5.94. The summed E-state index contributed by atoms with van der Waals surface area (Å²) in [6, 6.07) is 8.77. The molecule has 7 heteroatoms. The Balaban J connectivity index is 2.12. The summed E-state index contributed by atoms with van der Waals surface area (Å²) in [5, 5.41) is 13.0. The molecule has 0 heterocycles. The van der Waals surface area contributed by atoms with E-state index in [1.54, 1.807) is 6.07 Å². The molecule has 2 aromatic rings. The Morgan fingerprint density at radius 2 is 1.86 bits per heavy atom. The molecular weight excluding hydrogens is 282 g/mol. The van der Waals surface area contributed by atoms with Crippen LogP contribution < -0.4 is 5.32 Å². The van der Waals surface area contributed by atoms with E-state index in [0.29, 0.717) is 0 Å². The number of nitrogens with zero attached hydrogens (tertiary/aromatic N) is 1. The second-order valence-electron chi connectivity index (χ2n) is 4.24. The molecule has 5 nitrogen and oxygen atoms in total. The maximum absolute atomic E-state index is 13.4. The van der Waals surface area contributed by atoms with Crippen LogP contribution in [-0.4, -0.2) is 10.8 Å². The minimum Gasteiger partial charge on any atom is -0.326 e. The second kappa shape index (κ2) is 6.08. The van der Waals surface area contributed by atoms with Gasteiger partial charge in [0.2, 0.25) is 11.7 Å². The number of rotatable bonds is 4. The summed E-state index contributed by atoms with van der Waals surface area (Å²) in [4.78, 5) is 21.5. The fourth-order valence-corrected chi connectivity index (χ4v) is 1.75. The average molecular weight is 292 g/mol. The van der Waals surface area contributed by atoms with Crippen LogP contribution in [0.5, 0.6) is 0 Å². The van der Waals surface area contributed by atoms with Crippen molar-refractivity contribution in [1.29, 1.82) is 0 Å². The Labute approximate surface area is 118 Å². The number of benzene rings is 2. The lowest BCUT2D eigenvalue weighted by Crippen LogP contribution is -2.15. The van der Waals surface area contributed by atoms with Gasteiger partial charge in [0.05, 0.1) is 11.3 Å². The van der Waals surface area contributed by atoms with Gasteiger partial charge in [0.25, 0.3) is 0 Å². The van der Waals surface area contributed by atoms with Gasteiger partial charge >= 0.3 is 5.69 Å². The van der Waals surface area contributed by atoms with Crippen LogP contribution in [-0.2, 0) is 11.2 Å². The fourth-order valence-electron chi connectivity index (χ4n) is 1.75. The van der Waals surface area contributed by atoms with Gasteiger partial charge in [-0.1, -0.05) is 18.2 Å². The van der Waals surface area contributed by atoms with Gasteiger partial charge in [0, 0.05) is 11.8 Å². The standard InChI is InChI=1S/C14H10F2N2O3/c15-11-4-2-1-3-9(11)7-14(19)17-10-5-6-12(16)13(8-10)18(20)21/h1-6,8H,7H2,(H,17,19). The van der Waals surface area contributed by atoms with Gasteiger partial charge in [-0.05, 0) is 23.8 Å². The summed E-state index contributed by atoms with van der Waals surface area (Å²) >= 11 is 0. The maximum Gasteiger partial charge on any atom is 0.306 e. The van der Waals surface area contributed by atoms with Crippen LogP contribution in [0.25, 0.3) is 0 Å². The molecule has 0 radical (unpaired) electrons. The molecule has 0 aliphatic heterocycles. The third-order valence-electron chi connectivity index (χ3n) is 2.74. The van der Waals surface area contributed by atoms with Crippen molar-refractivity contribution in [2.75, 3.05) is 5.32 Å². The molecule has 108 valence electrons. The Morgan fingerprint density at radius 3 is 2.52 bits per heavy atom. The van der Waals surface area contributed by atoms with Crippen molar-refractivity contribution in [1.82, 2.24) is 0 Å². The highest BCUT2D eigenvalue weighted by Gasteiger charge is 2.15. The Bertz CT molecular complexity index is 704. The summed E-state index contributed by atoms with van der Waals surface area (Å²) < 4.78 is 26.5. The molecule has 0 spiro atoms. The van der Waals surface area contributed by atoms with Crippen LogP contribution >= 0.6 is 0 Å². The topological polar surface area (TPSA) is 72.2 Å². The van der Waals surface area contributed by atoms with Crippen LogP contribution in [0.3, 0.4) is 0 Å². The summed E-state index contributed by atoms with van der Waals surface area (Å²) in [5.74, 6) is -2.06. The first-order valence-corrected chi connectivity index (χ1v) is 5.94. The molecule has 21 heavy (non-hydrogen) atoms. The molecule has 0 atom stereocenters. The van der Waals surface area contributed by atoms with Crippen LogP contribution in [0.15, 0.2) is 42.5 Å². The largest absolute Gasteiger partial charge is 0.326 e. The van der Waals surface area contributed by atoms with E-state index in [9.17, 15) is 23.7 Å². The molecule has 0 fully saturated rings. The van der Waals surface area contributed by atoms with Gasteiger partial charge in [-0.3, -0.25) is 14.9 Å². The maximum atomic E-state index is 13.4. The smallest absolute Gasteiger partial charge is 0.306 e. The van der Waals surface area contributed by atoms with E-state index in [2.05, 4.69) is 5.32 Å². The Morgan fingerprint density at radius 1 is 1.14 bits per heavy atom. The number of nitro groups is 1. The summed E-state index contributed by atoms with van der Waals surface area (Å²) in [6.07, 6.45) is -0.224. The van der Waals surface area contributed by atoms with E-state index in [0.717, 1.165) is 12.1 Å². The predicted octanol–water partition coefficient (Wildman–Crippen LogP) is 3.05. The molecule has 1 N–H and O–H groups in total. The first kappa shape index (κ1) is 14.6. The number of nitro benzene ring substituents is 1. The minimum absolute atomic E-state index is 0.0736. The van der Waals surface area contributed by atoms with Crippen molar-refractivity contribution in [3.8, 4) is 0 Å². The zero-order valence-electron chi connectivity index (χ0n) is 10.7. The SMILES string of the molecule is O=C(Cc1ccccc1F)Nc1ccc(F)c([N+](=O)[O-])c1. The number of carbonyl (C=O) groups is 1. The van der Waals surface area contributed by atoms with Crippen LogP contribution in [0.1, 0.15) is 5.56 Å². The molecule has 0 bridgehead atoms. The molecule has 0 unspecified atom stereocenters. The van der Waals surface area contributed by atoms with Crippen molar-refractivity contribution >= 4 is 17.3 Å². The van der Waals surface area contributed by atoms with Gasteiger partial charge in [0.1, 0.15) is 5.82 Å². The van der Waals surface area contributed by atoms with E-state index in [1.165, 1.54) is 24.3 Å². The molecule has 0 aliphatic carbocycles. The second-order valence-corrected chi connectivity index (χ2v) is 4.24. The van der Waals surface area contributed by atoms with Crippen molar-refractivity contribution in [2.24, 2.45) is 0 Å². The number of nitrogens with one attached hydrogen (secondary N) is 1. The quantitative estimate of drug-likeness (QED) is 0.695. The normalized spacial score (nSPS) is 10.2. The third kappa shape index (κ3) is 3.59. The Hall–Kier alpha value is -2.83. The number of hydrogen-bond acceptors (Lipinski definition) is 3. The zero-order valence-corrected chi connectivity index (χ0v) is 10.7. The predicted molar refractivity (Wildman–Crippen MR) is 71.8 cm³/mol. The van der Waals surface area contributed by atoms with E-state index < -0.39 is 28.2 Å². The highest BCUT2D eigenvalue weighted by molar-refractivity contribution is 5.92. The molecule has 0 saturated carbocycles. The van der Waals surface area contributed by atoms with Crippen LogP contribution in [0, 0.1) is 21.7 Å². The molecule has 0 aliphatic rings. The Kier molecular flexibility index (Phi) is 4.22. The number of anilines is 1. The van der Waals surface area contributed by atoms with Crippen molar-refractivity contribution in [2.45, 2.75) is 6.42 Å². The third-order valence-corrected chi connectivity index (χ3v) is 2.74. The van der Waals surface area contributed by atoms with E-state index in [-0.39, 0.29) is 17.7 Å². The van der Waals surface area contributed by atoms with Gasteiger partial charge in [0.15, 0.2) is 0 Å². The lowest BCUT2D eigenvalue weighted by atomic mass is 10.1. The van der Waals surface area contributed by atoms with Gasteiger partial charge < -0.3 is 5.32 Å². The molecule has 2 rings (SSSR count). The van der Waals surface area contributed by atoms with Crippen molar-refractivity contribution in [3.63, 3.8) is 0 Å². The van der Waals surface area contributed by atoms with Crippen LogP contribution in [0.2, 0.25) is 0 Å². The number of halogens is 2. The molecular formula is C14H10F2N2O3. The monoisotopic (exact) mass is 292 g/mol. The van der Waals surface area contributed by atoms with Crippen molar-refractivity contribution in [3.05, 3.63) is 69.8 Å². The number of carbonyl (C=O) groups excluding carboxylic acids is 1. The highest BCUT2D eigenvalue weighted by Crippen LogP contribution is 2.21. The van der Waals surface area contributed by atoms with Crippen LogP contribution in [0.4, 0.5) is 20.2 Å². The van der Waals surface area contributed by atoms with E-state index >= 15 is 0 Å². The molecule has 1 amide bonds. The van der Waals surface area contributed by atoms with E-state index in [1.807, 2.05) is 0 Å². The molecule has 0 aromatic heterocycles. The first-order chi connectivity index (χ1) is 9.97. The highest BCUT2D eigenvalue weighted by atomic mass is 19.1. The van der Waals surface area contributed by atoms with Gasteiger partial charge in [-0.2, -0.15) is 4.39 Å². The number of amides is 1. The summed E-state index contributed by atoms with van der Waals surface area (Å²) in [7, 11) is 0. The summed E-state index contributed by atoms with van der Waals surface area (Å²) in [5.41, 5.74) is -0.463. The summed E-state index contributed by atoms with van der Waals surface area (Å²) in [6.45, 7) is 0.